The highest BCUT2D eigenvalue weighted by Gasteiger charge is 2.36. The molecule has 0 saturated heterocycles. The van der Waals surface area contributed by atoms with E-state index in [-0.39, 0.29) is 11.7 Å². The number of hydrogen-bond acceptors (Lipinski definition) is 4. The van der Waals surface area contributed by atoms with Gasteiger partial charge in [0.05, 0.1) is 22.6 Å². The minimum atomic E-state index is -0.294. The molecule has 5 heteroatoms. The lowest BCUT2D eigenvalue weighted by molar-refractivity contribution is -0.116. The minimum Gasteiger partial charge on any atom is -0.352 e. The summed E-state index contributed by atoms with van der Waals surface area (Å²) in [7, 11) is 0. The molecule has 0 amide bonds. The van der Waals surface area contributed by atoms with Crippen LogP contribution in [0.4, 0.5) is 0 Å². The van der Waals surface area contributed by atoms with Crippen LogP contribution in [-0.4, -0.2) is 5.78 Å². The van der Waals surface area contributed by atoms with E-state index in [9.17, 15) is 10.1 Å². The van der Waals surface area contributed by atoms with E-state index in [1.807, 2.05) is 55.5 Å². The van der Waals surface area contributed by atoms with Gasteiger partial charge in [-0.05, 0) is 43.0 Å². The van der Waals surface area contributed by atoms with Crippen molar-refractivity contribution in [3.8, 4) is 6.07 Å². The molecule has 1 N–H and O–H groups in total. The summed E-state index contributed by atoms with van der Waals surface area (Å²) in [6.45, 7) is 2.04. The summed E-state index contributed by atoms with van der Waals surface area (Å²) in [4.78, 5) is 12.8. The summed E-state index contributed by atoms with van der Waals surface area (Å²) >= 11 is 7.59. The molecule has 2 aromatic carbocycles. The highest BCUT2D eigenvalue weighted by molar-refractivity contribution is 8.02. The van der Waals surface area contributed by atoms with Crippen LogP contribution in [0.5, 0.6) is 0 Å². The molecule has 0 aromatic heterocycles. The van der Waals surface area contributed by atoms with E-state index in [0.717, 1.165) is 51.6 Å². The fraction of sp³-hybridized carbons (Fsp3) is 0.250. The Balaban J connectivity index is 1.72. The third-order valence-corrected chi connectivity index (χ3v) is 6.71. The lowest BCUT2D eigenvalue weighted by atomic mass is 9.77. The Morgan fingerprint density at radius 2 is 1.86 bits per heavy atom. The van der Waals surface area contributed by atoms with E-state index in [1.54, 1.807) is 11.8 Å². The fourth-order valence-corrected chi connectivity index (χ4v) is 5.01. The summed E-state index contributed by atoms with van der Waals surface area (Å²) < 4.78 is 0. The number of halogens is 1. The third kappa shape index (κ3) is 4.12. The van der Waals surface area contributed by atoms with E-state index in [1.165, 1.54) is 0 Å². The number of hydrogen-bond donors (Lipinski definition) is 1. The number of dihydropyridines is 1. The number of allylic oxidation sites excluding steroid dienone is 3. The van der Waals surface area contributed by atoms with Crippen LogP contribution < -0.4 is 5.32 Å². The number of nitriles is 1. The molecule has 0 bridgehead atoms. The van der Waals surface area contributed by atoms with Crippen molar-refractivity contribution in [1.82, 2.24) is 5.32 Å². The maximum absolute atomic E-state index is 12.8. The van der Waals surface area contributed by atoms with Gasteiger partial charge >= 0.3 is 0 Å². The zero-order chi connectivity index (χ0) is 20.4. The van der Waals surface area contributed by atoms with Crippen molar-refractivity contribution in [2.45, 2.75) is 37.9 Å². The van der Waals surface area contributed by atoms with Gasteiger partial charge in [-0.25, -0.2) is 0 Å². The van der Waals surface area contributed by atoms with Crippen molar-refractivity contribution in [3.63, 3.8) is 0 Å². The summed E-state index contributed by atoms with van der Waals surface area (Å²) in [5.41, 5.74) is 5.67. The van der Waals surface area contributed by atoms with Crippen LogP contribution in [0.1, 0.15) is 41.9 Å². The molecule has 0 fully saturated rings. The predicted molar refractivity (Wildman–Crippen MR) is 118 cm³/mol. The summed E-state index contributed by atoms with van der Waals surface area (Å²) in [5, 5.41) is 15.0. The molecular formula is C24H21ClN2OS. The molecule has 0 radical (unpaired) electrons. The number of carbonyl (C=O) groups is 1. The molecule has 3 nitrogen and oxygen atoms in total. The molecule has 1 unspecified atom stereocenters. The molecule has 29 heavy (non-hydrogen) atoms. The number of nitrogens with one attached hydrogen (secondary N) is 1. The predicted octanol–water partition coefficient (Wildman–Crippen LogP) is 6.01. The molecular weight excluding hydrogens is 400 g/mol. The van der Waals surface area contributed by atoms with Crippen LogP contribution in [0.3, 0.4) is 0 Å². The average Bonchev–Trinajstić information content (AvgIpc) is 2.73. The number of nitrogens with zero attached hydrogens (tertiary/aromatic N) is 1. The van der Waals surface area contributed by atoms with Gasteiger partial charge in [-0.1, -0.05) is 53.6 Å². The second kappa shape index (κ2) is 8.49. The Hall–Kier alpha value is -2.48. The van der Waals surface area contributed by atoms with Gasteiger partial charge in [0.1, 0.15) is 0 Å². The second-order valence-corrected chi connectivity index (χ2v) is 8.83. The Kier molecular flexibility index (Phi) is 5.80. The first-order chi connectivity index (χ1) is 14.1. The normalized spacial score (nSPS) is 18.9. The molecule has 1 aliphatic heterocycles. The first-order valence-electron chi connectivity index (χ1n) is 9.68. The number of rotatable bonds is 4. The number of Topliss-reactive ketones (excluding diaryl/α,β-unsaturated/α-hetero) is 1. The van der Waals surface area contributed by atoms with Crippen LogP contribution in [0.25, 0.3) is 0 Å². The van der Waals surface area contributed by atoms with Crippen molar-refractivity contribution < 1.29 is 4.79 Å². The Morgan fingerprint density at radius 3 is 2.55 bits per heavy atom. The first-order valence-corrected chi connectivity index (χ1v) is 11.0. The number of thioether (sulfide) groups is 1. The van der Waals surface area contributed by atoms with Crippen LogP contribution in [0.2, 0.25) is 5.02 Å². The summed E-state index contributed by atoms with van der Waals surface area (Å²) in [6.07, 6.45) is 2.24. The van der Waals surface area contributed by atoms with Crippen molar-refractivity contribution in [3.05, 3.63) is 92.1 Å². The van der Waals surface area contributed by atoms with Gasteiger partial charge in [-0.15, -0.1) is 11.8 Å². The van der Waals surface area contributed by atoms with E-state index in [2.05, 4.69) is 11.4 Å². The van der Waals surface area contributed by atoms with Gasteiger partial charge in [-0.3, -0.25) is 4.79 Å². The number of carbonyl (C=O) groups excluding carboxylic acids is 1. The lowest BCUT2D eigenvalue weighted by Crippen LogP contribution is -2.31. The maximum Gasteiger partial charge on any atom is 0.161 e. The quantitative estimate of drug-likeness (QED) is 0.657. The molecule has 1 atom stereocenters. The smallest absolute Gasteiger partial charge is 0.161 e. The van der Waals surface area contributed by atoms with Gasteiger partial charge in [0, 0.05) is 28.5 Å². The van der Waals surface area contributed by atoms with E-state index in [4.69, 9.17) is 11.6 Å². The second-order valence-electron chi connectivity index (χ2n) is 7.41. The van der Waals surface area contributed by atoms with E-state index in [0.29, 0.717) is 17.0 Å². The topological polar surface area (TPSA) is 52.9 Å². The van der Waals surface area contributed by atoms with E-state index >= 15 is 0 Å². The number of ketones is 1. The zero-order valence-corrected chi connectivity index (χ0v) is 17.7. The molecule has 0 saturated carbocycles. The average molecular weight is 421 g/mol. The maximum atomic E-state index is 12.8. The Morgan fingerprint density at radius 1 is 1.14 bits per heavy atom. The molecule has 1 aliphatic carbocycles. The van der Waals surface area contributed by atoms with Gasteiger partial charge in [0.15, 0.2) is 5.78 Å². The molecule has 2 aliphatic rings. The molecule has 146 valence electrons. The third-order valence-electron chi connectivity index (χ3n) is 5.37. The van der Waals surface area contributed by atoms with Crippen molar-refractivity contribution in [1.29, 1.82) is 5.26 Å². The molecule has 2 aromatic rings. The Labute approximate surface area is 180 Å². The molecule has 1 heterocycles. The number of aryl methyl sites for hydroxylation is 1. The SMILES string of the molecule is Cc1ccc(C2C(C#N)=C(SCc3ccc(Cl)cc3)NC3=C2C(=O)CCC3)cc1. The van der Waals surface area contributed by atoms with Crippen LogP contribution in [0.15, 0.2) is 70.4 Å². The fourth-order valence-electron chi connectivity index (χ4n) is 3.87. The summed E-state index contributed by atoms with van der Waals surface area (Å²) in [6, 6.07) is 18.3. The standard InChI is InChI=1S/C24H21ClN2OS/c1-15-5-9-17(10-6-15)22-19(13-26)24(27-20-3-2-4-21(28)23(20)22)29-14-16-7-11-18(25)12-8-16/h5-12,22,27H,2-4,14H2,1H3. The number of benzene rings is 2. The minimum absolute atomic E-state index is 0.152. The molecule has 4 rings (SSSR count). The Bertz CT molecular complexity index is 1050. The summed E-state index contributed by atoms with van der Waals surface area (Å²) in [5.74, 6) is 0.582. The lowest BCUT2D eigenvalue weighted by Gasteiger charge is -2.33. The van der Waals surface area contributed by atoms with Crippen LogP contribution in [0, 0.1) is 18.3 Å². The van der Waals surface area contributed by atoms with E-state index < -0.39 is 0 Å². The van der Waals surface area contributed by atoms with Crippen LogP contribution >= 0.6 is 23.4 Å². The van der Waals surface area contributed by atoms with Gasteiger partial charge in [-0.2, -0.15) is 5.26 Å². The van der Waals surface area contributed by atoms with Gasteiger partial charge < -0.3 is 5.32 Å². The van der Waals surface area contributed by atoms with Crippen molar-refractivity contribution in [2.75, 3.05) is 0 Å². The van der Waals surface area contributed by atoms with Gasteiger partial charge in [0.25, 0.3) is 0 Å². The monoisotopic (exact) mass is 420 g/mol. The highest BCUT2D eigenvalue weighted by atomic mass is 35.5. The largest absolute Gasteiger partial charge is 0.352 e. The zero-order valence-electron chi connectivity index (χ0n) is 16.2. The van der Waals surface area contributed by atoms with Gasteiger partial charge in [0.2, 0.25) is 0 Å². The van der Waals surface area contributed by atoms with Crippen molar-refractivity contribution >= 4 is 29.1 Å². The highest BCUT2D eigenvalue weighted by Crippen LogP contribution is 2.44. The molecule has 0 spiro atoms. The first kappa shape index (κ1) is 19.8. The van der Waals surface area contributed by atoms with Crippen molar-refractivity contribution in [2.24, 2.45) is 0 Å². The van der Waals surface area contributed by atoms with Crippen LogP contribution in [-0.2, 0) is 10.5 Å².